The van der Waals surface area contributed by atoms with E-state index in [4.69, 9.17) is 32.7 Å². The van der Waals surface area contributed by atoms with Gasteiger partial charge in [-0.05, 0) is 42.7 Å². The Labute approximate surface area is 239 Å². The Hall–Kier alpha value is -3.59. The lowest BCUT2D eigenvalue weighted by Gasteiger charge is -2.23. The molecule has 3 aromatic carbocycles. The number of benzene rings is 3. The molecule has 0 spiro atoms. The fourth-order valence-electron chi connectivity index (χ4n) is 4.76. The molecule has 10 heteroatoms. The van der Waals surface area contributed by atoms with Gasteiger partial charge in [-0.3, -0.25) is 14.5 Å². The average molecular weight is 583 g/mol. The Kier molecular flexibility index (Phi) is 7.29. The van der Waals surface area contributed by atoms with E-state index in [1.165, 1.54) is 36.5 Å². The van der Waals surface area contributed by atoms with Crippen LogP contribution in [0.2, 0.25) is 10.0 Å². The number of halogens is 2. The molecule has 0 aliphatic carbocycles. The molecule has 1 amide bonds. The lowest BCUT2D eigenvalue weighted by Crippen LogP contribution is -2.29. The molecule has 1 aliphatic rings. The molecular weight excluding hydrogens is 559 g/mol. The van der Waals surface area contributed by atoms with Gasteiger partial charge in [-0.25, -0.2) is 4.98 Å². The second-order valence-electron chi connectivity index (χ2n) is 9.02. The van der Waals surface area contributed by atoms with E-state index in [9.17, 15) is 14.7 Å². The molecule has 1 aromatic heterocycles. The van der Waals surface area contributed by atoms with E-state index in [0.29, 0.717) is 16.2 Å². The summed E-state index contributed by atoms with van der Waals surface area (Å²) in [4.78, 5) is 33.3. The van der Waals surface area contributed by atoms with Gasteiger partial charge < -0.3 is 14.6 Å². The standard InChI is InChI=1S/C29H24Cl2N2O5S/c1-5-15-9-10-19-20(12-15)39-29(32-19)33-23(16-8-6-7-14(2)11-16)21(25(35)28(33)36)24(34)17-13-18(30)27(38-4)22(31)26(17)37-3/h6-13,23,34H,5H2,1-4H3/b24-21+. The summed E-state index contributed by atoms with van der Waals surface area (Å²) in [5.41, 5.74) is 3.33. The van der Waals surface area contributed by atoms with E-state index in [1.807, 2.05) is 43.3 Å². The van der Waals surface area contributed by atoms with Crippen LogP contribution in [0.15, 0.2) is 54.1 Å². The fraction of sp³-hybridized carbons (Fsp3) is 0.207. The van der Waals surface area contributed by atoms with Gasteiger partial charge in [0.15, 0.2) is 16.6 Å². The van der Waals surface area contributed by atoms with Crippen molar-refractivity contribution in [1.82, 2.24) is 4.98 Å². The summed E-state index contributed by atoms with van der Waals surface area (Å²) in [6.45, 7) is 3.97. The Morgan fingerprint density at radius 3 is 2.49 bits per heavy atom. The van der Waals surface area contributed by atoms with E-state index >= 15 is 0 Å². The number of thiazole rings is 1. The zero-order chi connectivity index (χ0) is 28.0. The van der Waals surface area contributed by atoms with Gasteiger partial charge in [0.05, 0.1) is 46.6 Å². The number of rotatable bonds is 6. The van der Waals surface area contributed by atoms with Crippen LogP contribution >= 0.6 is 34.5 Å². The first-order valence-corrected chi connectivity index (χ1v) is 13.6. The third kappa shape index (κ3) is 4.52. The molecule has 1 atom stereocenters. The lowest BCUT2D eigenvalue weighted by atomic mass is 9.94. The summed E-state index contributed by atoms with van der Waals surface area (Å²) in [7, 11) is 2.77. The number of aliphatic hydroxyl groups excluding tert-OH is 1. The average Bonchev–Trinajstić information content (AvgIpc) is 3.45. The van der Waals surface area contributed by atoms with Gasteiger partial charge in [-0.15, -0.1) is 0 Å². The summed E-state index contributed by atoms with van der Waals surface area (Å²) < 4.78 is 11.6. The van der Waals surface area contributed by atoms with Crippen LogP contribution in [0.3, 0.4) is 0 Å². The molecule has 0 radical (unpaired) electrons. The molecule has 200 valence electrons. The highest BCUT2D eigenvalue weighted by Gasteiger charge is 2.48. The van der Waals surface area contributed by atoms with E-state index in [-0.39, 0.29) is 32.7 Å². The van der Waals surface area contributed by atoms with Crippen molar-refractivity contribution in [3.8, 4) is 11.5 Å². The van der Waals surface area contributed by atoms with Crippen molar-refractivity contribution in [1.29, 1.82) is 0 Å². The molecular formula is C29H24Cl2N2O5S. The third-order valence-corrected chi connectivity index (χ3v) is 8.29. The van der Waals surface area contributed by atoms with Crippen LogP contribution in [0, 0.1) is 6.92 Å². The maximum Gasteiger partial charge on any atom is 0.301 e. The van der Waals surface area contributed by atoms with Crippen molar-refractivity contribution in [3.05, 3.63) is 86.4 Å². The molecule has 7 nitrogen and oxygen atoms in total. The Morgan fingerprint density at radius 1 is 1.08 bits per heavy atom. The van der Waals surface area contributed by atoms with Crippen LogP contribution in [0.1, 0.15) is 35.2 Å². The predicted molar refractivity (Wildman–Crippen MR) is 155 cm³/mol. The maximum atomic E-state index is 13.6. The first-order valence-electron chi connectivity index (χ1n) is 12.1. The summed E-state index contributed by atoms with van der Waals surface area (Å²) in [6.07, 6.45) is 0.853. The maximum absolute atomic E-state index is 13.6. The summed E-state index contributed by atoms with van der Waals surface area (Å²) in [5, 5.41) is 12.1. The Balaban J connectivity index is 1.77. The van der Waals surface area contributed by atoms with Gasteiger partial charge in [0.2, 0.25) is 0 Å². The molecule has 5 rings (SSSR count). The second-order valence-corrected chi connectivity index (χ2v) is 10.8. The van der Waals surface area contributed by atoms with Crippen LogP contribution in [0.25, 0.3) is 16.0 Å². The number of amides is 1. The van der Waals surface area contributed by atoms with Crippen molar-refractivity contribution >= 4 is 67.3 Å². The van der Waals surface area contributed by atoms with Gasteiger partial charge in [0.25, 0.3) is 5.78 Å². The van der Waals surface area contributed by atoms with Crippen molar-refractivity contribution in [3.63, 3.8) is 0 Å². The number of ketones is 1. The highest BCUT2D eigenvalue weighted by molar-refractivity contribution is 7.22. The summed E-state index contributed by atoms with van der Waals surface area (Å²) in [6, 6.07) is 13.8. The van der Waals surface area contributed by atoms with Gasteiger partial charge in [0, 0.05) is 0 Å². The van der Waals surface area contributed by atoms with Gasteiger partial charge in [-0.2, -0.15) is 0 Å². The number of ether oxygens (including phenoxy) is 2. The molecule has 0 bridgehead atoms. The largest absolute Gasteiger partial charge is 0.507 e. The summed E-state index contributed by atoms with van der Waals surface area (Å²) >= 11 is 14.2. The zero-order valence-corrected chi connectivity index (χ0v) is 23.9. The highest BCUT2D eigenvalue weighted by atomic mass is 35.5. The van der Waals surface area contributed by atoms with Gasteiger partial charge >= 0.3 is 5.91 Å². The number of carbonyl (C=O) groups is 2. The minimum atomic E-state index is -0.958. The Bertz CT molecular complexity index is 1680. The number of anilines is 1. The number of aryl methyl sites for hydroxylation is 2. The van der Waals surface area contributed by atoms with Gasteiger partial charge in [0.1, 0.15) is 10.8 Å². The molecule has 1 fully saturated rings. The first kappa shape index (κ1) is 27.0. The van der Waals surface area contributed by atoms with Crippen molar-refractivity contribution in [2.24, 2.45) is 0 Å². The van der Waals surface area contributed by atoms with Crippen molar-refractivity contribution in [2.75, 3.05) is 19.1 Å². The van der Waals surface area contributed by atoms with Crippen LogP contribution < -0.4 is 14.4 Å². The monoisotopic (exact) mass is 582 g/mol. The van der Waals surface area contributed by atoms with Crippen LogP contribution in [0.4, 0.5) is 5.13 Å². The van der Waals surface area contributed by atoms with Crippen molar-refractivity contribution in [2.45, 2.75) is 26.3 Å². The van der Waals surface area contributed by atoms with Crippen molar-refractivity contribution < 1.29 is 24.2 Å². The summed E-state index contributed by atoms with van der Waals surface area (Å²) in [5.74, 6) is -1.93. The molecule has 39 heavy (non-hydrogen) atoms. The quantitative estimate of drug-likeness (QED) is 0.148. The van der Waals surface area contributed by atoms with Crippen LogP contribution in [-0.4, -0.2) is 36.0 Å². The topological polar surface area (TPSA) is 89.0 Å². The number of methoxy groups -OCH3 is 2. The van der Waals surface area contributed by atoms with E-state index in [0.717, 1.165) is 22.2 Å². The molecule has 1 aliphatic heterocycles. The number of hydrogen-bond acceptors (Lipinski definition) is 7. The molecule has 1 unspecified atom stereocenters. The number of aliphatic hydroxyl groups is 1. The SMILES string of the molecule is CCc1ccc2nc(N3C(=O)C(=O)/C(=C(/O)c4cc(Cl)c(OC)c(Cl)c4OC)C3c3cccc(C)c3)sc2c1. The predicted octanol–water partition coefficient (Wildman–Crippen LogP) is 7.12. The highest BCUT2D eigenvalue weighted by Crippen LogP contribution is 2.48. The van der Waals surface area contributed by atoms with E-state index in [2.05, 4.69) is 11.9 Å². The number of hydrogen-bond donors (Lipinski definition) is 1. The molecule has 0 saturated carbocycles. The number of carbonyl (C=O) groups excluding carboxylic acids is 2. The molecule has 2 heterocycles. The van der Waals surface area contributed by atoms with Gasteiger partial charge in [-0.1, -0.05) is 77.4 Å². The number of nitrogens with zero attached hydrogens (tertiary/aromatic N) is 2. The Morgan fingerprint density at radius 2 is 1.82 bits per heavy atom. The van der Waals surface area contributed by atoms with Crippen LogP contribution in [0.5, 0.6) is 11.5 Å². The smallest absolute Gasteiger partial charge is 0.301 e. The molecule has 1 N–H and O–H groups in total. The van der Waals surface area contributed by atoms with E-state index < -0.39 is 23.5 Å². The zero-order valence-electron chi connectivity index (χ0n) is 21.5. The normalized spacial score (nSPS) is 16.8. The number of aromatic nitrogens is 1. The number of Topliss-reactive ketones (excluding diaryl/α,β-unsaturated/α-hetero) is 1. The minimum Gasteiger partial charge on any atom is -0.507 e. The second kappa shape index (κ2) is 10.5. The molecule has 4 aromatic rings. The number of fused-ring (bicyclic) bond motifs is 1. The van der Waals surface area contributed by atoms with E-state index in [1.54, 1.807) is 6.07 Å². The minimum absolute atomic E-state index is 0.0216. The van der Waals surface area contributed by atoms with Crippen LogP contribution in [-0.2, 0) is 16.0 Å². The fourth-order valence-corrected chi connectivity index (χ4v) is 6.50. The third-order valence-electron chi connectivity index (χ3n) is 6.65. The molecule has 1 saturated heterocycles. The lowest BCUT2D eigenvalue weighted by molar-refractivity contribution is -0.132. The first-order chi connectivity index (χ1) is 18.7.